The number of hydrogen-bond acceptors (Lipinski definition) is 4. The molecule has 0 atom stereocenters. The molecule has 0 aliphatic rings. The maximum Gasteiger partial charge on any atom is 0.338 e. The molecule has 126 valence electrons. The van der Waals surface area contributed by atoms with Crippen LogP contribution in [0.25, 0.3) is 0 Å². The Bertz CT molecular complexity index is 807. The second-order valence-electron chi connectivity index (χ2n) is 5.33. The number of carbonyl (C=O) groups is 2. The average molecular weight is 367 g/mol. The van der Waals surface area contributed by atoms with Gasteiger partial charge in [0.15, 0.2) is 12.4 Å². The highest BCUT2D eigenvalue weighted by atomic mass is 35.5. The van der Waals surface area contributed by atoms with Crippen molar-refractivity contribution in [1.82, 2.24) is 4.98 Å². The normalized spacial score (nSPS) is 10.4. The summed E-state index contributed by atoms with van der Waals surface area (Å²) in [7, 11) is 0. The van der Waals surface area contributed by atoms with Gasteiger partial charge in [-0.3, -0.25) is 4.79 Å². The van der Waals surface area contributed by atoms with Gasteiger partial charge in [-0.1, -0.05) is 40.9 Å². The van der Waals surface area contributed by atoms with Crippen LogP contribution in [0.3, 0.4) is 0 Å². The third-order valence-electron chi connectivity index (χ3n) is 3.31. The lowest BCUT2D eigenvalue weighted by Gasteiger charge is -2.10. The number of pyridine rings is 1. The van der Waals surface area contributed by atoms with Gasteiger partial charge in [-0.15, -0.1) is 0 Å². The number of ether oxygens (including phenoxy) is 1. The SMILES string of the molecule is Cc1ccc(C)c(C(=O)OCC(=O)Nc2nc(C)c(Cl)cc2Cl)c1. The molecule has 0 spiro atoms. The molecule has 0 unspecified atom stereocenters. The summed E-state index contributed by atoms with van der Waals surface area (Å²) in [4.78, 5) is 28.1. The fourth-order valence-corrected chi connectivity index (χ4v) is 2.38. The van der Waals surface area contributed by atoms with E-state index in [1.165, 1.54) is 6.07 Å². The van der Waals surface area contributed by atoms with Gasteiger partial charge in [-0.05, 0) is 38.5 Å². The lowest BCUT2D eigenvalue weighted by atomic mass is 10.1. The van der Waals surface area contributed by atoms with Crippen LogP contribution in [-0.4, -0.2) is 23.5 Å². The summed E-state index contributed by atoms with van der Waals surface area (Å²) in [6.45, 7) is 4.93. The van der Waals surface area contributed by atoms with Crippen molar-refractivity contribution in [2.45, 2.75) is 20.8 Å². The molecule has 1 aromatic heterocycles. The minimum atomic E-state index is -0.558. The number of halogens is 2. The maximum atomic E-state index is 12.1. The second-order valence-corrected chi connectivity index (χ2v) is 6.14. The molecule has 0 fully saturated rings. The molecule has 1 aromatic carbocycles. The highest BCUT2D eigenvalue weighted by molar-refractivity contribution is 6.36. The van der Waals surface area contributed by atoms with Crippen molar-refractivity contribution in [3.05, 3.63) is 56.7 Å². The molecule has 5 nitrogen and oxygen atoms in total. The summed E-state index contributed by atoms with van der Waals surface area (Å²) in [5, 5.41) is 3.10. The number of amides is 1. The summed E-state index contributed by atoms with van der Waals surface area (Å²) >= 11 is 11.9. The number of carbonyl (C=O) groups excluding carboxylic acids is 2. The van der Waals surface area contributed by atoms with Gasteiger partial charge < -0.3 is 10.1 Å². The zero-order chi connectivity index (χ0) is 17.9. The van der Waals surface area contributed by atoms with E-state index in [2.05, 4.69) is 10.3 Å². The van der Waals surface area contributed by atoms with Crippen LogP contribution in [0.15, 0.2) is 24.3 Å². The average Bonchev–Trinajstić information content (AvgIpc) is 2.52. The predicted octanol–water partition coefficient (Wildman–Crippen LogP) is 4.11. The van der Waals surface area contributed by atoms with Crippen molar-refractivity contribution in [1.29, 1.82) is 0 Å². The Labute approximate surface area is 149 Å². The van der Waals surface area contributed by atoms with Crippen molar-refractivity contribution in [2.24, 2.45) is 0 Å². The summed E-state index contributed by atoms with van der Waals surface area (Å²) in [6.07, 6.45) is 0. The van der Waals surface area contributed by atoms with Crippen molar-refractivity contribution in [3.63, 3.8) is 0 Å². The molecular formula is C17H16Cl2N2O3. The molecule has 2 aromatic rings. The Balaban J connectivity index is 2.00. The van der Waals surface area contributed by atoms with Gasteiger partial charge in [0.25, 0.3) is 5.91 Å². The molecule has 1 N–H and O–H groups in total. The van der Waals surface area contributed by atoms with E-state index in [4.69, 9.17) is 27.9 Å². The molecule has 0 saturated carbocycles. The van der Waals surface area contributed by atoms with Gasteiger partial charge in [0, 0.05) is 0 Å². The van der Waals surface area contributed by atoms with Crippen LogP contribution in [0.2, 0.25) is 10.0 Å². The number of nitrogens with one attached hydrogen (secondary N) is 1. The van der Waals surface area contributed by atoms with E-state index >= 15 is 0 Å². The molecule has 1 heterocycles. The number of anilines is 1. The van der Waals surface area contributed by atoms with Crippen molar-refractivity contribution >= 4 is 40.9 Å². The largest absolute Gasteiger partial charge is 0.452 e. The van der Waals surface area contributed by atoms with Gasteiger partial charge in [0.05, 0.1) is 21.3 Å². The first-order valence-electron chi connectivity index (χ1n) is 7.15. The summed E-state index contributed by atoms with van der Waals surface area (Å²) < 4.78 is 5.04. The van der Waals surface area contributed by atoms with E-state index in [-0.39, 0.29) is 10.8 Å². The Hall–Kier alpha value is -2.11. The minimum Gasteiger partial charge on any atom is -0.452 e. The zero-order valence-electron chi connectivity index (χ0n) is 13.4. The lowest BCUT2D eigenvalue weighted by molar-refractivity contribution is -0.119. The standard InChI is InChI=1S/C17H16Cl2N2O3/c1-9-4-5-10(2)12(6-9)17(23)24-8-15(22)21-16-14(19)7-13(18)11(3)20-16/h4-7H,8H2,1-3H3,(H,20,21,22). The van der Waals surface area contributed by atoms with Crippen LogP contribution in [0, 0.1) is 20.8 Å². The van der Waals surface area contributed by atoms with E-state index in [0.29, 0.717) is 16.3 Å². The van der Waals surface area contributed by atoms with Crippen molar-refractivity contribution < 1.29 is 14.3 Å². The Morgan fingerprint density at radius 1 is 1.12 bits per heavy atom. The molecule has 0 saturated heterocycles. The van der Waals surface area contributed by atoms with Gasteiger partial charge >= 0.3 is 5.97 Å². The highest BCUT2D eigenvalue weighted by Gasteiger charge is 2.15. The van der Waals surface area contributed by atoms with Gasteiger partial charge in [0.2, 0.25) is 0 Å². The molecule has 0 aliphatic heterocycles. The smallest absolute Gasteiger partial charge is 0.338 e. The molecule has 0 aliphatic carbocycles. The molecule has 1 amide bonds. The topological polar surface area (TPSA) is 68.3 Å². The molecule has 0 bridgehead atoms. The Kier molecular flexibility index (Phi) is 5.80. The fraction of sp³-hybridized carbons (Fsp3) is 0.235. The number of aromatic nitrogens is 1. The lowest BCUT2D eigenvalue weighted by Crippen LogP contribution is -2.22. The van der Waals surface area contributed by atoms with E-state index in [9.17, 15) is 9.59 Å². The van der Waals surface area contributed by atoms with E-state index in [1.54, 1.807) is 19.9 Å². The van der Waals surface area contributed by atoms with Crippen LogP contribution in [0.1, 0.15) is 27.2 Å². The van der Waals surface area contributed by atoms with E-state index in [1.807, 2.05) is 19.1 Å². The molecule has 7 heteroatoms. The van der Waals surface area contributed by atoms with Gasteiger partial charge in [-0.2, -0.15) is 0 Å². The monoisotopic (exact) mass is 366 g/mol. The zero-order valence-corrected chi connectivity index (χ0v) is 15.0. The number of esters is 1. The van der Waals surface area contributed by atoms with Crippen molar-refractivity contribution in [3.8, 4) is 0 Å². The molecular weight excluding hydrogens is 351 g/mol. The summed E-state index contributed by atoms with van der Waals surface area (Å²) in [6, 6.07) is 6.93. The van der Waals surface area contributed by atoms with E-state index < -0.39 is 18.5 Å². The number of rotatable bonds is 4. The minimum absolute atomic E-state index is 0.173. The summed E-state index contributed by atoms with van der Waals surface area (Å²) in [5.41, 5.74) is 2.68. The quantitative estimate of drug-likeness (QED) is 0.826. The predicted molar refractivity (Wildman–Crippen MR) is 93.8 cm³/mol. The first-order chi connectivity index (χ1) is 11.3. The fourth-order valence-electron chi connectivity index (χ4n) is 1.98. The first kappa shape index (κ1) is 18.2. The van der Waals surface area contributed by atoms with Crippen LogP contribution in [-0.2, 0) is 9.53 Å². The van der Waals surface area contributed by atoms with Crippen LogP contribution in [0.5, 0.6) is 0 Å². The number of aryl methyl sites for hydroxylation is 3. The number of benzene rings is 1. The Morgan fingerprint density at radius 2 is 1.83 bits per heavy atom. The maximum absolute atomic E-state index is 12.1. The Morgan fingerprint density at radius 3 is 2.54 bits per heavy atom. The van der Waals surface area contributed by atoms with Crippen LogP contribution >= 0.6 is 23.2 Å². The number of nitrogens with zero attached hydrogens (tertiary/aromatic N) is 1. The molecule has 24 heavy (non-hydrogen) atoms. The molecule has 0 radical (unpaired) electrons. The molecule has 2 rings (SSSR count). The summed E-state index contributed by atoms with van der Waals surface area (Å²) in [5.74, 6) is -0.922. The third kappa shape index (κ3) is 4.46. The second kappa shape index (κ2) is 7.64. The van der Waals surface area contributed by atoms with Crippen molar-refractivity contribution in [2.75, 3.05) is 11.9 Å². The third-order valence-corrected chi connectivity index (χ3v) is 3.98. The van der Waals surface area contributed by atoms with Gasteiger partial charge in [-0.25, -0.2) is 9.78 Å². The van der Waals surface area contributed by atoms with Gasteiger partial charge in [0.1, 0.15) is 0 Å². The number of hydrogen-bond donors (Lipinski definition) is 1. The highest BCUT2D eigenvalue weighted by Crippen LogP contribution is 2.25. The van der Waals surface area contributed by atoms with Crippen LogP contribution in [0.4, 0.5) is 5.82 Å². The van der Waals surface area contributed by atoms with Crippen LogP contribution < -0.4 is 5.32 Å². The first-order valence-corrected chi connectivity index (χ1v) is 7.90. The van der Waals surface area contributed by atoms with E-state index in [0.717, 1.165) is 11.1 Å².